The highest BCUT2D eigenvalue weighted by Crippen LogP contribution is 2.24. The van der Waals surface area contributed by atoms with Crippen LogP contribution in [0.3, 0.4) is 0 Å². The number of hydrogen-bond acceptors (Lipinski definition) is 4. The molecule has 0 fully saturated rings. The molecule has 0 atom stereocenters. The maximum absolute atomic E-state index is 4.64. The molecule has 0 aromatic carbocycles. The number of rotatable bonds is 2. The zero-order chi connectivity index (χ0) is 12.5. The van der Waals surface area contributed by atoms with Gasteiger partial charge in [0, 0.05) is 36.0 Å². The van der Waals surface area contributed by atoms with Crippen LogP contribution < -0.4 is 0 Å². The molecule has 3 aromatic heterocycles. The lowest BCUT2D eigenvalue weighted by atomic mass is 10.2. The van der Waals surface area contributed by atoms with Gasteiger partial charge < -0.3 is 0 Å². The summed E-state index contributed by atoms with van der Waals surface area (Å²) in [6, 6.07) is 3.93. The lowest BCUT2D eigenvalue weighted by molar-refractivity contribution is 1.01. The van der Waals surface area contributed by atoms with Crippen LogP contribution in [0.15, 0.2) is 41.9 Å². The van der Waals surface area contributed by atoms with Crippen molar-refractivity contribution in [3.8, 4) is 11.3 Å². The van der Waals surface area contributed by atoms with Crippen molar-refractivity contribution in [2.45, 2.75) is 11.9 Å². The number of nitrogens with zero attached hydrogens (tertiary/aromatic N) is 4. The average Bonchev–Trinajstić information content (AvgIpc) is 2.81. The van der Waals surface area contributed by atoms with Crippen molar-refractivity contribution < 1.29 is 0 Å². The molecule has 90 valence electrons. The van der Waals surface area contributed by atoms with Crippen LogP contribution in [0.2, 0.25) is 0 Å². The van der Waals surface area contributed by atoms with Gasteiger partial charge in [-0.1, -0.05) is 0 Å². The van der Waals surface area contributed by atoms with Crippen molar-refractivity contribution in [3.05, 3.63) is 42.6 Å². The first-order valence-electron chi connectivity index (χ1n) is 5.58. The molecule has 5 heteroatoms. The minimum atomic E-state index is 0.910. The maximum atomic E-state index is 4.64. The molecule has 0 spiro atoms. The van der Waals surface area contributed by atoms with Gasteiger partial charge in [0.25, 0.3) is 0 Å². The summed E-state index contributed by atoms with van der Waals surface area (Å²) in [6.07, 6.45) is 9.47. The van der Waals surface area contributed by atoms with Crippen LogP contribution >= 0.6 is 11.8 Å². The first-order valence-corrected chi connectivity index (χ1v) is 6.81. The molecule has 0 aliphatic carbocycles. The SMILES string of the molecule is CSc1nc(-c2cccnc2)cn2c(C)cnc12. The fourth-order valence-electron chi connectivity index (χ4n) is 1.87. The fraction of sp³-hybridized carbons (Fsp3) is 0.154. The predicted molar refractivity (Wildman–Crippen MR) is 72.7 cm³/mol. The normalized spacial score (nSPS) is 11.0. The third-order valence-corrected chi connectivity index (χ3v) is 3.46. The number of imidazole rings is 1. The summed E-state index contributed by atoms with van der Waals surface area (Å²) in [5, 5.41) is 0.935. The van der Waals surface area contributed by atoms with Gasteiger partial charge in [-0.25, -0.2) is 9.97 Å². The van der Waals surface area contributed by atoms with Crippen molar-refractivity contribution in [2.24, 2.45) is 0 Å². The molecule has 4 nitrogen and oxygen atoms in total. The van der Waals surface area contributed by atoms with Crippen LogP contribution in [0.25, 0.3) is 16.9 Å². The zero-order valence-electron chi connectivity index (χ0n) is 10.2. The molecule has 0 saturated heterocycles. The minimum Gasteiger partial charge on any atom is -0.300 e. The first-order chi connectivity index (χ1) is 8.79. The van der Waals surface area contributed by atoms with Crippen LogP contribution in [0, 0.1) is 6.92 Å². The number of hydrogen-bond donors (Lipinski definition) is 0. The van der Waals surface area contributed by atoms with E-state index in [0.717, 1.165) is 27.6 Å². The molecule has 0 aliphatic heterocycles. The summed E-state index contributed by atoms with van der Waals surface area (Å²) in [6.45, 7) is 2.04. The van der Waals surface area contributed by atoms with Gasteiger partial charge in [-0.2, -0.15) is 0 Å². The van der Waals surface area contributed by atoms with E-state index < -0.39 is 0 Å². The van der Waals surface area contributed by atoms with E-state index in [0.29, 0.717) is 0 Å². The van der Waals surface area contributed by atoms with E-state index in [1.54, 1.807) is 18.0 Å². The Labute approximate surface area is 109 Å². The molecule has 0 aliphatic rings. The van der Waals surface area contributed by atoms with Crippen LogP contribution in [0.5, 0.6) is 0 Å². The second-order valence-electron chi connectivity index (χ2n) is 3.97. The van der Waals surface area contributed by atoms with Gasteiger partial charge in [0.1, 0.15) is 5.03 Å². The Morgan fingerprint density at radius 3 is 2.89 bits per heavy atom. The Balaban J connectivity index is 2.28. The van der Waals surface area contributed by atoms with Gasteiger partial charge in [0.15, 0.2) is 5.65 Å². The second-order valence-corrected chi connectivity index (χ2v) is 4.77. The highest BCUT2D eigenvalue weighted by atomic mass is 32.2. The highest BCUT2D eigenvalue weighted by Gasteiger charge is 2.10. The van der Waals surface area contributed by atoms with Gasteiger partial charge in [-0.3, -0.25) is 9.38 Å². The molecule has 3 aromatic rings. The molecule has 3 heterocycles. The van der Waals surface area contributed by atoms with Crippen molar-refractivity contribution in [2.75, 3.05) is 6.26 Å². The summed E-state index contributed by atoms with van der Waals surface area (Å²) in [7, 11) is 0. The summed E-state index contributed by atoms with van der Waals surface area (Å²) in [5.41, 5.74) is 3.95. The molecular formula is C13H12N4S. The Hall–Kier alpha value is -1.88. The van der Waals surface area contributed by atoms with Crippen molar-refractivity contribution in [1.82, 2.24) is 19.4 Å². The highest BCUT2D eigenvalue weighted by molar-refractivity contribution is 7.98. The van der Waals surface area contributed by atoms with E-state index in [1.165, 1.54) is 0 Å². The molecule has 18 heavy (non-hydrogen) atoms. The Bertz CT molecular complexity index is 691. The van der Waals surface area contributed by atoms with Gasteiger partial charge in [-0.05, 0) is 25.3 Å². The van der Waals surface area contributed by atoms with Crippen LogP contribution in [0.4, 0.5) is 0 Å². The van der Waals surface area contributed by atoms with Gasteiger partial charge >= 0.3 is 0 Å². The Kier molecular flexibility index (Phi) is 2.76. The molecule has 0 saturated carbocycles. The molecule has 0 radical (unpaired) electrons. The third-order valence-electron chi connectivity index (χ3n) is 2.80. The van der Waals surface area contributed by atoms with E-state index in [2.05, 4.69) is 19.4 Å². The van der Waals surface area contributed by atoms with E-state index in [1.807, 2.05) is 43.9 Å². The van der Waals surface area contributed by atoms with E-state index in [-0.39, 0.29) is 0 Å². The summed E-state index contributed by atoms with van der Waals surface area (Å²) < 4.78 is 2.07. The monoisotopic (exact) mass is 256 g/mol. The lowest BCUT2D eigenvalue weighted by Gasteiger charge is -2.06. The van der Waals surface area contributed by atoms with Gasteiger partial charge in [0.2, 0.25) is 0 Å². The Morgan fingerprint density at radius 2 is 2.17 bits per heavy atom. The summed E-state index contributed by atoms with van der Waals surface area (Å²) in [4.78, 5) is 13.2. The van der Waals surface area contributed by atoms with E-state index in [9.17, 15) is 0 Å². The van der Waals surface area contributed by atoms with Crippen LogP contribution in [-0.2, 0) is 0 Å². The number of thioether (sulfide) groups is 1. The zero-order valence-corrected chi connectivity index (χ0v) is 11.0. The topological polar surface area (TPSA) is 43.1 Å². The molecule has 0 bridgehead atoms. The van der Waals surface area contributed by atoms with Gasteiger partial charge in [-0.15, -0.1) is 11.8 Å². The van der Waals surface area contributed by atoms with Crippen molar-refractivity contribution in [1.29, 1.82) is 0 Å². The maximum Gasteiger partial charge on any atom is 0.169 e. The van der Waals surface area contributed by atoms with E-state index >= 15 is 0 Å². The third kappa shape index (κ3) is 1.76. The largest absolute Gasteiger partial charge is 0.300 e. The van der Waals surface area contributed by atoms with Crippen LogP contribution in [-0.4, -0.2) is 25.6 Å². The average molecular weight is 256 g/mol. The van der Waals surface area contributed by atoms with Crippen molar-refractivity contribution >= 4 is 17.4 Å². The number of fused-ring (bicyclic) bond motifs is 1. The smallest absolute Gasteiger partial charge is 0.169 e. The summed E-state index contributed by atoms with van der Waals surface area (Å²) in [5.74, 6) is 0. The first kappa shape index (κ1) is 11.2. The minimum absolute atomic E-state index is 0.910. The summed E-state index contributed by atoms with van der Waals surface area (Å²) >= 11 is 1.61. The second kappa shape index (κ2) is 4.42. The molecular weight excluding hydrogens is 244 g/mol. The number of aromatic nitrogens is 4. The number of pyridine rings is 1. The molecule has 0 N–H and O–H groups in total. The predicted octanol–water partition coefficient (Wildman–Crippen LogP) is 2.82. The van der Waals surface area contributed by atoms with Gasteiger partial charge in [0.05, 0.1) is 5.69 Å². The molecule has 0 unspecified atom stereocenters. The van der Waals surface area contributed by atoms with Crippen LogP contribution in [0.1, 0.15) is 5.69 Å². The molecule has 3 rings (SSSR count). The number of aryl methyl sites for hydroxylation is 1. The lowest BCUT2D eigenvalue weighted by Crippen LogP contribution is -1.96. The Morgan fingerprint density at radius 1 is 1.28 bits per heavy atom. The molecule has 0 amide bonds. The quantitative estimate of drug-likeness (QED) is 0.661. The standard InChI is InChI=1S/C13H12N4S/c1-9-6-15-12-13(18-2)16-11(8-17(9)12)10-4-3-5-14-7-10/h3-8H,1-2H3. The van der Waals surface area contributed by atoms with E-state index in [4.69, 9.17) is 0 Å². The van der Waals surface area contributed by atoms with Crippen molar-refractivity contribution in [3.63, 3.8) is 0 Å². The fourth-order valence-corrected chi connectivity index (χ4v) is 2.39.